The second kappa shape index (κ2) is 11.3. The summed E-state index contributed by atoms with van der Waals surface area (Å²) in [4.78, 5) is 28.0. The van der Waals surface area contributed by atoms with Crippen molar-refractivity contribution in [1.29, 1.82) is 0 Å². The lowest BCUT2D eigenvalue weighted by Gasteiger charge is -2.04. The number of carbonyl (C=O) groups is 2. The molecule has 0 radical (unpaired) electrons. The number of nitrogens with zero attached hydrogens (tertiary/aromatic N) is 3. The summed E-state index contributed by atoms with van der Waals surface area (Å²) in [6.07, 6.45) is 5.99. The van der Waals surface area contributed by atoms with Crippen LogP contribution in [0.4, 0.5) is 0 Å². The summed E-state index contributed by atoms with van der Waals surface area (Å²) in [5.74, 6) is 2.22. The van der Waals surface area contributed by atoms with Gasteiger partial charge in [0, 0.05) is 38.3 Å². The number of hydrogen-bond acceptors (Lipinski definition) is 3. The van der Waals surface area contributed by atoms with Gasteiger partial charge in [0.25, 0.3) is 0 Å². The Morgan fingerprint density at radius 2 is 1.33 bits per heavy atom. The van der Waals surface area contributed by atoms with Crippen LogP contribution in [0.2, 0.25) is 0 Å². The zero-order valence-electron chi connectivity index (χ0n) is 20.6. The molecular weight excluding hydrogens is 374 g/mol. The van der Waals surface area contributed by atoms with Crippen molar-refractivity contribution in [3.63, 3.8) is 0 Å². The van der Waals surface area contributed by atoms with Gasteiger partial charge in [0.2, 0.25) is 5.78 Å². The predicted octanol–water partition coefficient (Wildman–Crippen LogP) is 5.52. The maximum atomic E-state index is 11.8. The first-order chi connectivity index (χ1) is 13.8. The Morgan fingerprint density at radius 1 is 0.800 bits per heavy atom. The Bertz CT molecular complexity index is 768. The lowest BCUT2D eigenvalue weighted by molar-refractivity contribution is 0.0920. The summed E-state index contributed by atoms with van der Waals surface area (Å²) in [5, 5.41) is 0. The number of Topliss-reactive ketones (excluding diaryl/α,β-unsaturated/α-hetero) is 2. The Labute approximate surface area is 182 Å². The van der Waals surface area contributed by atoms with E-state index in [-0.39, 0.29) is 23.4 Å². The van der Waals surface area contributed by atoms with E-state index < -0.39 is 0 Å². The minimum absolute atomic E-state index is 0.0120. The van der Waals surface area contributed by atoms with Crippen LogP contribution in [0, 0.1) is 23.7 Å². The third kappa shape index (κ3) is 7.58. The van der Waals surface area contributed by atoms with Crippen molar-refractivity contribution in [2.24, 2.45) is 37.8 Å². The summed E-state index contributed by atoms with van der Waals surface area (Å²) in [6, 6.07) is 2.03. The maximum Gasteiger partial charge on any atom is 0.200 e. The highest BCUT2D eigenvalue weighted by atomic mass is 16.1. The van der Waals surface area contributed by atoms with Gasteiger partial charge in [-0.25, -0.2) is 4.98 Å². The lowest BCUT2D eigenvalue weighted by Crippen LogP contribution is -2.13. The van der Waals surface area contributed by atoms with Gasteiger partial charge in [-0.3, -0.25) is 9.59 Å². The largest absolute Gasteiger partial charge is 0.348 e. The number of aryl methyl sites for hydroxylation is 2. The first kappa shape index (κ1) is 25.9. The predicted molar refractivity (Wildman–Crippen MR) is 124 cm³/mol. The molecule has 0 bridgehead atoms. The zero-order valence-corrected chi connectivity index (χ0v) is 20.6. The second-order valence-electron chi connectivity index (χ2n) is 9.75. The summed E-state index contributed by atoms with van der Waals surface area (Å²) in [5.41, 5.74) is 3.11. The van der Waals surface area contributed by atoms with Gasteiger partial charge in [-0.05, 0) is 36.3 Å². The molecule has 0 aliphatic rings. The van der Waals surface area contributed by atoms with Crippen LogP contribution in [0.5, 0.6) is 0 Å². The highest BCUT2D eigenvalue weighted by molar-refractivity contribution is 5.96. The fraction of sp³-hybridized carbons (Fsp3) is 0.640. The number of hydrogen-bond donors (Lipinski definition) is 0. The minimum atomic E-state index is 0.0120. The van der Waals surface area contributed by atoms with Gasteiger partial charge in [0.15, 0.2) is 11.6 Å². The Hall–Kier alpha value is -2.17. The lowest BCUT2D eigenvalue weighted by atomic mass is 10.0. The molecule has 2 rings (SSSR count). The summed E-state index contributed by atoms with van der Waals surface area (Å²) < 4.78 is 3.78. The zero-order chi connectivity index (χ0) is 23.2. The molecule has 0 atom stereocenters. The van der Waals surface area contributed by atoms with E-state index in [4.69, 9.17) is 0 Å². The summed E-state index contributed by atoms with van der Waals surface area (Å²) >= 11 is 0. The van der Waals surface area contributed by atoms with Gasteiger partial charge >= 0.3 is 0 Å². The normalized spacial score (nSPS) is 11.4. The van der Waals surface area contributed by atoms with Crippen molar-refractivity contribution in [2.75, 3.05) is 0 Å². The first-order valence-corrected chi connectivity index (χ1v) is 11.1. The molecule has 168 valence electrons. The van der Waals surface area contributed by atoms with E-state index in [0.29, 0.717) is 17.7 Å². The third-order valence-corrected chi connectivity index (χ3v) is 4.77. The van der Waals surface area contributed by atoms with Crippen molar-refractivity contribution in [3.05, 3.63) is 41.2 Å². The molecule has 5 heteroatoms. The fourth-order valence-electron chi connectivity index (χ4n) is 3.29. The van der Waals surface area contributed by atoms with E-state index >= 15 is 0 Å². The minimum Gasteiger partial charge on any atom is -0.348 e. The molecule has 0 saturated carbocycles. The topological polar surface area (TPSA) is 56.9 Å². The number of carbonyl (C=O) groups excluding carboxylic acids is 2. The molecule has 0 aliphatic carbocycles. The molecule has 5 nitrogen and oxygen atoms in total. The third-order valence-electron chi connectivity index (χ3n) is 4.77. The van der Waals surface area contributed by atoms with E-state index in [1.165, 1.54) is 5.56 Å². The standard InChI is InChI=1S/C13H21NO.C12H20N2O/c1-9(2)6-11-7-12(14(5)8-11)13(15)10(3)4;1-8(2)6-10-7-14(5)12(13-10)11(15)9(3)4/h7-10H,6H2,1-5H3;7-9H,6H2,1-5H3. The van der Waals surface area contributed by atoms with Crippen LogP contribution in [0.25, 0.3) is 0 Å². The van der Waals surface area contributed by atoms with Gasteiger partial charge in [-0.15, -0.1) is 0 Å². The maximum absolute atomic E-state index is 11.8. The van der Waals surface area contributed by atoms with Gasteiger partial charge in [-0.2, -0.15) is 0 Å². The Kier molecular flexibility index (Phi) is 9.73. The van der Waals surface area contributed by atoms with Crippen molar-refractivity contribution in [3.8, 4) is 0 Å². The highest BCUT2D eigenvalue weighted by Gasteiger charge is 2.17. The molecule has 0 amide bonds. The van der Waals surface area contributed by atoms with Crippen molar-refractivity contribution in [1.82, 2.24) is 14.1 Å². The van der Waals surface area contributed by atoms with E-state index in [0.717, 1.165) is 24.2 Å². The van der Waals surface area contributed by atoms with Crippen LogP contribution in [0.3, 0.4) is 0 Å². The fourth-order valence-corrected chi connectivity index (χ4v) is 3.29. The van der Waals surface area contributed by atoms with Crippen LogP contribution < -0.4 is 0 Å². The van der Waals surface area contributed by atoms with Crippen LogP contribution in [-0.2, 0) is 26.9 Å². The van der Waals surface area contributed by atoms with Crippen molar-refractivity contribution in [2.45, 2.75) is 68.2 Å². The molecule has 30 heavy (non-hydrogen) atoms. The quantitative estimate of drug-likeness (QED) is 0.533. The summed E-state index contributed by atoms with van der Waals surface area (Å²) in [6.45, 7) is 16.4. The highest BCUT2D eigenvalue weighted by Crippen LogP contribution is 2.15. The van der Waals surface area contributed by atoms with Crippen LogP contribution in [-0.4, -0.2) is 25.7 Å². The average Bonchev–Trinajstić information content (AvgIpc) is 3.14. The first-order valence-electron chi connectivity index (χ1n) is 11.1. The molecule has 0 spiro atoms. The molecule has 0 N–H and O–H groups in total. The van der Waals surface area contributed by atoms with Gasteiger partial charge < -0.3 is 9.13 Å². The van der Waals surface area contributed by atoms with E-state index in [1.54, 1.807) is 0 Å². The van der Waals surface area contributed by atoms with Gasteiger partial charge in [-0.1, -0.05) is 55.4 Å². The van der Waals surface area contributed by atoms with Gasteiger partial charge in [0.05, 0.1) is 11.4 Å². The van der Waals surface area contributed by atoms with Gasteiger partial charge in [0.1, 0.15) is 0 Å². The molecule has 0 fully saturated rings. The Morgan fingerprint density at radius 3 is 1.80 bits per heavy atom. The number of ketones is 2. The molecule has 2 aromatic rings. The molecule has 0 unspecified atom stereocenters. The number of rotatable bonds is 8. The second-order valence-corrected chi connectivity index (χ2v) is 9.75. The number of aromatic nitrogens is 3. The summed E-state index contributed by atoms with van der Waals surface area (Å²) in [7, 11) is 3.83. The van der Waals surface area contributed by atoms with Crippen molar-refractivity contribution >= 4 is 11.6 Å². The molecule has 0 aromatic carbocycles. The molecular formula is C25H41N3O2. The smallest absolute Gasteiger partial charge is 0.200 e. The van der Waals surface area contributed by atoms with Crippen molar-refractivity contribution < 1.29 is 9.59 Å². The van der Waals surface area contributed by atoms with Crippen LogP contribution in [0.1, 0.15) is 87.8 Å². The SMILES string of the molecule is CC(C)Cc1cc(C(=O)C(C)C)n(C)c1.CC(C)Cc1cn(C)c(C(=O)C(C)C)n1. The van der Waals surface area contributed by atoms with Crippen LogP contribution >= 0.6 is 0 Å². The molecule has 0 aliphatic heterocycles. The number of imidazole rings is 1. The Balaban J connectivity index is 0.000000300. The average molecular weight is 416 g/mol. The molecule has 0 saturated heterocycles. The van der Waals surface area contributed by atoms with E-state index in [2.05, 4.69) is 38.9 Å². The van der Waals surface area contributed by atoms with E-state index in [1.807, 2.05) is 63.2 Å². The monoisotopic (exact) mass is 415 g/mol. The molecule has 2 heterocycles. The van der Waals surface area contributed by atoms with Crippen LogP contribution in [0.15, 0.2) is 18.5 Å². The molecule has 2 aromatic heterocycles. The van der Waals surface area contributed by atoms with E-state index in [9.17, 15) is 9.59 Å².